The average molecular weight is 289 g/mol. The zero-order valence-electron chi connectivity index (χ0n) is 12.0. The van der Waals surface area contributed by atoms with E-state index in [0.29, 0.717) is 22.2 Å². The fourth-order valence-corrected chi connectivity index (χ4v) is 2.14. The number of ether oxygens (including phenoxy) is 2. The van der Waals surface area contributed by atoms with Gasteiger partial charge in [0.15, 0.2) is 0 Å². The molecule has 1 aromatic carbocycles. The first kappa shape index (κ1) is 14.8. The molecule has 0 amide bonds. The molecule has 0 saturated carbocycles. The molecule has 0 N–H and O–H groups in total. The molecule has 2 aromatic rings. The van der Waals surface area contributed by atoms with E-state index >= 15 is 0 Å². The summed E-state index contributed by atoms with van der Waals surface area (Å²) in [7, 11) is 1.30. The van der Waals surface area contributed by atoms with E-state index in [0.717, 1.165) is 0 Å². The lowest BCUT2D eigenvalue weighted by Crippen LogP contribution is -2.05. The van der Waals surface area contributed by atoms with Crippen LogP contribution in [0, 0.1) is 0 Å². The largest absolute Gasteiger partial charge is 0.469 e. The third-order valence-electron chi connectivity index (χ3n) is 3.02. The molecule has 0 aliphatic rings. The van der Waals surface area contributed by atoms with Crippen molar-refractivity contribution in [1.82, 2.24) is 4.57 Å². The van der Waals surface area contributed by atoms with Crippen molar-refractivity contribution in [1.29, 1.82) is 0 Å². The minimum atomic E-state index is -0.435. The van der Waals surface area contributed by atoms with Gasteiger partial charge in [0.1, 0.15) is 5.75 Å². The van der Waals surface area contributed by atoms with E-state index in [4.69, 9.17) is 4.74 Å². The second-order valence-electron chi connectivity index (χ2n) is 4.57. The van der Waals surface area contributed by atoms with Gasteiger partial charge in [0.25, 0.3) is 0 Å². The lowest BCUT2D eigenvalue weighted by molar-refractivity contribution is -0.139. The van der Waals surface area contributed by atoms with Gasteiger partial charge in [-0.1, -0.05) is 0 Å². The maximum atomic E-state index is 11.7. The van der Waals surface area contributed by atoms with Crippen LogP contribution < -0.4 is 4.74 Å². The van der Waals surface area contributed by atoms with E-state index in [1.54, 1.807) is 24.4 Å². The molecule has 0 fully saturated rings. The second-order valence-corrected chi connectivity index (χ2v) is 4.57. The Bertz CT molecular complexity index is 729. The number of rotatable bonds is 3. The summed E-state index contributed by atoms with van der Waals surface area (Å²) < 4.78 is 11.1. The van der Waals surface area contributed by atoms with Crippen molar-refractivity contribution in [2.45, 2.75) is 20.3 Å². The second kappa shape index (κ2) is 5.78. The number of carbonyl (C=O) groups excluding carboxylic acids is 3. The Balaban J connectivity index is 2.56. The number of aromatic nitrogens is 1. The summed E-state index contributed by atoms with van der Waals surface area (Å²) in [4.78, 5) is 34.1. The third-order valence-corrected chi connectivity index (χ3v) is 3.02. The fraction of sp³-hybridized carbons (Fsp3) is 0.267. The molecule has 0 spiro atoms. The molecule has 0 aliphatic heterocycles. The quantitative estimate of drug-likeness (QED) is 0.637. The van der Waals surface area contributed by atoms with Gasteiger partial charge in [-0.2, -0.15) is 0 Å². The van der Waals surface area contributed by atoms with Gasteiger partial charge >= 0.3 is 11.9 Å². The van der Waals surface area contributed by atoms with Crippen LogP contribution >= 0.6 is 0 Å². The van der Waals surface area contributed by atoms with Crippen LogP contribution in [0.4, 0.5) is 0 Å². The van der Waals surface area contributed by atoms with Crippen LogP contribution in [0.2, 0.25) is 0 Å². The number of benzene rings is 1. The van der Waals surface area contributed by atoms with Gasteiger partial charge in [-0.25, -0.2) is 0 Å². The number of hydrogen-bond acceptors (Lipinski definition) is 5. The van der Waals surface area contributed by atoms with Gasteiger partial charge in [-0.15, -0.1) is 0 Å². The molecular formula is C15H15NO5. The Kier molecular flexibility index (Phi) is 4.07. The van der Waals surface area contributed by atoms with Gasteiger partial charge in [-0.3, -0.25) is 19.0 Å². The number of fused-ring (bicyclic) bond motifs is 1. The predicted octanol–water partition coefficient (Wildman–Crippen LogP) is 1.94. The molecule has 0 unspecified atom stereocenters. The van der Waals surface area contributed by atoms with Crippen molar-refractivity contribution < 1.29 is 23.9 Å². The fourth-order valence-electron chi connectivity index (χ4n) is 2.14. The molecule has 0 atom stereocenters. The summed E-state index contributed by atoms with van der Waals surface area (Å²) in [6.07, 6.45) is 1.64. The minimum absolute atomic E-state index is 0.0385. The standard InChI is InChI=1S/C15H15NO5/c1-9(17)16-8-11(6-15(19)20-3)13-7-12(21-10(2)18)4-5-14(13)16/h4-5,7-8H,6H2,1-3H3. The van der Waals surface area contributed by atoms with Gasteiger partial charge < -0.3 is 9.47 Å². The Morgan fingerprint density at radius 1 is 1.19 bits per heavy atom. The highest BCUT2D eigenvalue weighted by atomic mass is 16.5. The normalized spacial score (nSPS) is 10.4. The van der Waals surface area contributed by atoms with Crippen molar-refractivity contribution in [3.8, 4) is 5.75 Å². The summed E-state index contributed by atoms with van der Waals surface area (Å²) in [5.74, 6) is -0.649. The van der Waals surface area contributed by atoms with Crippen LogP contribution in [0.1, 0.15) is 24.2 Å². The van der Waals surface area contributed by atoms with Crippen LogP contribution in [-0.4, -0.2) is 29.5 Å². The highest BCUT2D eigenvalue weighted by Gasteiger charge is 2.15. The highest BCUT2D eigenvalue weighted by Crippen LogP contribution is 2.27. The molecule has 1 heterocycles. The molecule has 0 aliphatic carbocycles. The van der Waals surface area contributed by atoms with E-state index in [9.17, 15) is 14.4 Å². The van der Waals surface area contributed by atoms with Gasteiger partial charge in [0.2, 0.25) is 5.91 Å². The van der Waals surface area contributed by atoms with Gasteiger partial charge in [0.05, 0.1) is 19.0 Å². The Labute approximate surface area is 121 Å². The van der Waals surface area contributed by atoms with Gasteiger partial charge in [0, 0.05) is 25.4 Å². The number of nitrogens with zero attached hydrogens (tertiary/aromatic N) is 1. The summed E-state index contributed by atoms with van der Waals surface area (Å²) in [5, 5.41) is 0.675. The first-order valence-electron chi connectivity index (χ1n) is 6.32. The van der Waals surface area contributed by atoms with Crippen LogP contribution in [0.25, 0.3) is 10.9 Å². The highest BCUT2D eigenvalue weighted by molar-refractivity contribution is 5.96. The smallest absolute Gasteiger partial charge is 0.310 e. The van der Waals surface area contributed by atoms with E-state index in [1.165, 1.54) is 25.5 Å². The Morgan fingerprint density at radius 3 is 2.48 bits per heavy atom. The summed E-state index contributed by atoms with van der Waals surface area (Å²) in [6.45, 7) is 2.74. The number of esters is 2. The van der Waals surface area contributed by atoms with E-state index in [2.05, 4.69) is 4.74 Å². The summed E-state index contributed by atoms with van der Waals surface area (Å²) in [5.41, 5.74) is 1.29. The molecule has 6 heteroatoms. The zero-order valence-corrected chi connectivity index (χ0v) is 12.0. The molecular weight excluding hydrogens is 274 g/mol. The van der Waals surface area contributed by atoms with Crippen LogP contribution in [0.3, 0.4) is 0 Å². The molecule has 0 bridgehead atoms. The van der Waals surface area contributed by atoms with E-state index < -0.39 is 11.9 Å². The summed E-state index contributed by atoms with van der Waals surface area (Å²) >= 11 is 0. The SMILES string of the molecule is COC(=O)Cc1cn(C(C)=O)c2ccc(OC(C)=O)cc12. The van der Waals surface area contributed by atoms with Crippen LogP contribution in [-0.2, 0) is 20.7 Å². The molecule has 0 saturated heterocycles. The molecule has 110 valence electrons. The minimum Gasteiger partial charge on any atom is -0.469 e. The maximum Gasteiger partial charge on any atom is 0.310 e. The monoisotopic (exact) mass is 289 g/mol. The van der Waals surface area contributed by atoms with Crippen molar-refractivity contribution >= 4 is 28.7 Å². The van der Waals surface area contributed by atoms with Crippen molar-refractivity contribution in [3.05, 3.63) is 30.0 Å². The Hall–Kier alpha value is -2.63. The zero-order chi connectivity index (χ0) is 15.6. The molecule has 2 rings (SSSR count). The molecule has 1 aromatic heterocycles. The van der Waals surface area contributed by atoms with Crippen molar-refractivity contribution in [2.24, 2.45) is 0 Å². The third kappa shape index (κ3) is 3.10. The first-order chi connectivity index (χ1) is 9.92. The maximum absolute atomic E-state index is 11.7. The predicted molar refractivity (Wildman–Crippen MR) is 75.3 cm³/mol. The average Bonchev–Trinajstić information content (AvgIpc) is 2.76. The Morgan fingerprint density at radius 2 is 1.90 bits per heavy atom. The topological polar surface area (TPSA) is 74.6 Å². The van der Waals surface area contributed by atoms with E-state index in [-0.39, 0.29) is 12.3 Å². The van der Waals surface area contributed by atoms with Crippen molar-refractivity contribution in [3.63, 3.8) is 0 Å². The van der Waals surface area contributed by atoms with Gasteiger partial charge in [-0.05, 0) is 23.8 Å². The lowest BCUT2D eigenvalue weighted by Gasteiger charge is -2.03. The summed E-state index contributed by atoms with van der Waals surface area (Å²) in [6, 6.07) is 4.91. The van der Waals surface area contributed by atoms with Crippen LogP contribution in [0.15, 0.2) is 24.4 Å². The lowest BCUT2D eigenvalue weighted by atomic mass is 10.1. The number of hydrogen-bond donors (Lipinski definition) is 0. The van der Waals surface area contributed by atoms with Crippen molar-refractivity contribution in [2.75, 3.05) is 7.11 Å². The molecule has 0 radical (unpaired) electrons. The molecule has 21 heavy (non-hydrogen) atoms. The number of methoxy groups -OCH3 is 1. The first-order valence-corrected chi connectivity index (χ1v) is 6.32. The molecule has 6 nitrogen and oxygen atoms in total. The van der Waals surface area contributed by atoms with Crippen LogP contribution in [0.5, 0.6) is 5.75 Å². The number of carbonyl (C=O) groups is 3. The van der Waals surface area contributed by atoms with E-state index in [1.807, 2.05) is 0 Å².